The number of ether oxygens (including phenoxy) is 1. The van der Waals surface area contributed by atoms with E-state index < -0.39 is 5.97 Å². The molecule has 0 aliphatic heterocycles. The van der Waals surface area contributed by atoms with Gasteiger partial charge < -0.3 is 14.6 Å². The quantitative estimate of drug-likeness (QED) is 0.859. The van der Waals surface area contributed by atoms with Crippen LogP contribution >= 0.6 is 0 Å². The van der Waals surface area contributed by atoms with Crippen molar-refractivity contribution in [2.24, 2.45) is 0 Å². The van der Waals surface area contributed by atoms with E-state index in [1.165, 1.54) is 7.11 Å². The van der Waals surface area contributed by atoms with Gasteiger partial charge in [0, 0.05) is 19.3 Å². The fourth-order valence-corrected chi connectivity index (χ4v) is 2.76. The van der Waals surface area contributed by atoms with E-state index in [9.17, 15) is 9.59 Å². The second-order valence-corrected chi connectivity index (χ2v) is 6.07. The fourth-order valence-electron chi connectivity index (χ4n) is 2.76. The van der Waals surface area contributed by atoms with Crippen molar-refractivity contribution >= 4 is 11.9 Å². The van der Waals surface area contributed by atoms with Crippen LogP contribution in [-0.2, 0) is 22.5 Å². The molecule has 1 aromatic heterocycles. The minimum absolute atomic E-state index is 0.0453. The zero-order valence-electron chi connectivity index (χ0n) is 14.9. The number of benzene rings is 1. The smallest absolute Gasteiger partial charge is 0.354 e. The Balaban J connectivity index is 2.13. The first-order valence-electron chi connectivity index (χ1n) is 7.90. The molecule has 2 rings (SSSR count). The van der Waals surface area contributed by atoms with Crippen molar-refractivity contribution in [1.82, 2.24) is 9.88 Å². The van der Waals surface area contributed by atoms with Gasteiger partial charge in [-0.15, -0.1) is 0 Å². The van der Waals surface area contributed by atoms with Crippen LogP contribution in [0.1, 0.15) is 38.4 Å². The van der Waals surface area contributed by atoms with E-state index in [0.717, 1.165) is 27.9 Å². The molecule has 1 heterocycles. The van der Waals surface area contributed by atoms with Gasteiger partial charge in [-0.2, -0.15) is 0 Å². The number of aromatic nitrogens is 1. The topological polar surface area (TPSA) is 62.4 Å². The van der Waals surface area contributed by atoms with Gasteiger partial charge in [0.05, 0.1) is 13.5 Å². The highest BCUT2D eigenvalue weighted by molar-refractivity contribution is 5.89. The third kappa shape index (κ3) is 3.67. The Labute approximate surface area is 142 Å². The van der Waals surface area contributed by atoms with Gasteiger partial charge in [0.15, 0.2) is 0 Å². The van der Waals surface area contributed by atoms with E-state index in [1.54, 1.807) is 11.9 Å². The molecule has 5 nitrogen and oxygen atoms in total. The summed E-state index contributed by atoms with van der Waals surface area (Å²) in [5.41, 5.74) is 5.26. The van der Waals surface area contributed by atoms with E-state index in [0.29, 0.717) is 18.7 Å². The maximum absolute atomic E-state index is 12.5. The van der Waals surface area contributed by atoms with Crippen molar-refractivity contribution in [3.8, 4) is 0 Å². The lowest BCUT2D eigenvalue weighted by Gasteiger charge is -2.18. The minimum atomic E-state index is -0.393. The van der Waals surface area contributed by atoms with Crippen LogP contribution in [0.25, 0.3) is 0 Å². The molecule has 128 valence electrons. The molecule has 0 aliphatic carbocycles. The number of nitrogens with one attached hydrogen (secondary N) is 1. The number of hydrogen-bond acceptors (Lipinski definition) is 3. The summed E-state index contributed by atoms with van der Waals surface area (Å²) < 4.78 is 4.78. The lowest BCUT2D eigenvalue weighted by atomic mass is 10.0. The van der Waals surface area contributed by atoms with Crippen molar-refractivity contribution in [3.05, 3.63) is 57.9 Å². The highest BCUT2D eigenvalue weighted by Gasteiger charge is 2.20. The average molecular weight is 328 g/mol. The number of rotatable bonds is 5. The molecular formula is C19H24N2O3. The number of carbonyl (C=O) groups is 2. The highest BCUT2D eigenvalue weighted by Crippen LogP contribution is 2.20. The minimum Gasteiger partial charge on any atom is -0.464 e. The standard InChI is InChI=1S/C19H24N2O3/c1-12-8-6-7-9-15(12)10-17(22)21(4)11-16-13(2)18(19(23)24-5)20-14(16)3/h6-9,20H,10-11H2,1-5H3. The number of amides is 1. The number of esters is 1. The molecule has 0 saturated carbocycles. The van der Waals surface area contributed by atoms with Gasteiger partial charge in [0.25, 0.3) is 0 Å². The number of methoxy groups -OCH3 is 1. The van der Waals surface area contributed by atoms with Crippen LogP contribution in [0.15, 0.2) is 24.3 Å². The van der Waals surface area contributed by atoms with Crippen molar-refractivity contribution in [2.45, 2.75) is 33.7 Å². The molecular weight excluding hydrogens is 304 g/mol. The Hall–Kier alpha value is -2.56. The van der Waals surface area contributed by atoms with Crippen LogP contribution in [0.2, 0.25) is 0 Å². The van der Waals surface area contributed by atoms with Gasteiger partial charge in [0.1, 0.15) is 5.69 Å². The van der Waals surface area contributed by atoms with Gasteiger partial charge in [0.2, 0.25) is 5.91 Å². The summed E-state index contributed by atoms with van der Waals surface area (Å²) in [5, 5.41) is 0. The number of nitrogens with zero attached hydrogens (tertiary/aromatic N) is 1. The molecule has 0 saturated heterocycles. The molecule has 5 heteroatoms. The van der Waals surface area contributed by atoms with E-state index in [1.807, 2.05) is 45.0 Å². The van der Waals surface area contributed by atoms with E-state index in [-0.39, 0.29) is 5.91 Å². The number of likely N-dealkylation sites (N-methyl/N-ethyl adjacent to an activating group) is 1. The lowest BCUT2D eigenvalue weighted by Crippen LogP contribution is -2.28. The van der Waals surface area contributed by atoms with Crippen molar-refractivity contribution in [1.29, 1.82) is 0 Å². The molecule has 24 heavy (non-hydrogen) atoms. The molecule has 2 aromatic rings. The molecule has 1 N–H and O–H groups in total. The molecule has 0 radical (unpaired) electrons. The second-order valence-electron chi connectivity index (χ2n) is 6.07. The van der Waals surface area contributed by atoms with E-state index >= 15 is 0 Å². The SMILES string of the molecule is COC(=O)c1[nH]c(C)c(CN(C)C(=O)Cc2ccccc2C)c1C. The van der Waals surface area contributed by atoms with Gasteiger partial charge >= 0.3 is 5.97 Å². The zero-order chi connectivity index (χ0) is 17.9. The summed E-state index contributed by atoms with van der Waals surface area (Å²) in [4.78, 5) is 29.0. The second kappa shape index (κ2) is 7.34. The first-order chi connectivity index (χ1) is 11.3. The summed E-state index contributed by atoms with van der Waals surface area (Å²) in [7, 11) is 3.14. The predicted molar refractivity (Wildman–Crippen MR) is 93.0 cm³/mol. The molecule has 1 amide bonds. The number of aromatic amines is 1. The summed E-state index contributed by atoms with van der Waals surface area (Å²) >= 11 is 0. The maximum atomic E-state index is 12.5. The average Bonchev–Trinajstić information content (AvgIpc) is 2.84. The molecule has 0 bridgehead atoms. The van der Waals surface area contributed by atoms with E-state index in [4.69, 9.17) is 4.74 Å². The summed E-state index contributed by atoms with van der Waals surface area (Å²) in [6.45, 7) is 6.22. The summed E-state index contributed by atoms with van der Waals surface area (Å²) in [6.07, 6.45) is 0.371. The molecule has 0 aliphatic rings. The summed E-state index contributed by atoms with van der Waals surface area (Å²) in [6, 6.07) is 7.89. The van der Waals surface area contributed by atoms with Crippen LogP contribution < -0.4 is 0 Å². The Morgan fingerprint density at radius 3 is 2.46 bits per heavy atom. The third-order valence-electron chi connectivity index (χ3n) is 4.41. The zero-order valence-corrected chi connectivity index (χ0v) is 14.9. The van der Waals surface area contributed by atoms with Crippen LogP contribution in [0, 0.1) is 20.8 Å². The van der Waals surface area contributed by atoms with Crippen molar-refractivity contribution in [3.63, 3.8) is 0 Å². The van der Waals surface area contributed by atoms with Crippen LogP contribution in [-0.4, -0.2) is 35.9 Å². The summed E-state index contributed by atoms with van der Waals surface area (Å²) in [5.74, 6) is -0.348. The molecule has 0 atom stereocenters. The fraction of sp³-hybridized carbons (Fsp3) is 0.368. The highest BCUT2D eigenvalue weighted by atomic mass is 16.5. The first kappa shape index (κ1) is 17.8. The number of carbonyl (C=O) groups excluding carboxylic acids is 2. The van der Waals surface area contributed by atoms with Gasteiger partial charge in [-0.1, -0.05) is 24.3 Å². The van der Waals surface area contributed by atoms with Crippen LogP contribution in [0.4, 0.5) is 0 Å². The largest absolute Gasteiger partial charge is 0.464 e. The van der Waals surface area contributed by atoms with Crippen LogP contribution in [0.3, 0.4) is 0 Å². The normalized spacial score (nSPS) is 10.5. The van der Waals surface area contributed by atoms with Crippen molar-refractivity contribution in [2.75, 3.05) is 14.2 Å². The predicted octanol–water partition coefficient (Wildman–Crippen LogP) is 2.93. The van der Waals surface area contributed by atoms with Gasteiger partial charge in [-0.25, -0.2) is 4.79 Å². The number of aryl methyl sites for hydroxylation is 2. The molecule has 0 unspecified atom stereocenters. The monoisotopic (exact) mass is 328 g/mol. The maximum Gasteiger partial charge on any atom is 0.354 e. The Morgan fingerprint density at radius 2 is 1.83 bits per heavy atom. The Kier molecular flexibility index (Phi) is 5.44. The van der Waals surface area contributed by atoms with Crippen LogP contribution in [0.5, 0.6) is 0 Å². The molecule has 0 spiro atoms. The lowest BCUT2D eigenvalue weighted by molar-refractivity contribution is -0.129. The van der Waals surface area contributed by atoms with Gasteiger partial charge in [-0.3, -0.25) is 4.79 Å². The third-order valence-corrected chi connectivity index (χ3v) is 4.41. The van der Waals surface area contributed by atoms with E-state index in [2.05, 4.69) is 4.98 Å². The Bertz CT molecular complexity index is 762. The number of hydrogen-bond donors (Lipinski definition) is 1. The van der Waals surface area contributed by atoms with Gasteiger partial charge in [-0.05, 0) is 43.0 Å². The van der Waals surface area contributed by atoms with Crippen molar-refractivity contribution < 1.29 is 14.3 Å². The molecule has 0 fully saturated rings. The number of H-pyrrole nitrogens is 1. The molecule has 1 aromatic carbocycles. The first-order valence-corrected chi connectivity index (χ1v) is 7.90. The Morgan fingerprint density at radius 1 is 1.17 bits per heavy atom.